The minimum atomic E-state index is -0.179. The fourth-order valence-electron chi connectivity index (χ4n) is 1.17. The van der Waals surface area contributed by atoms with E-state index in [1.165, 1.54) is 0 Å². The summed E-state index contributed by atoms with van der Waals surface area (Å²) >= 11 is 0. The molecule has 0 aliphatic carbocycles. The van der Waals surface area contributed by atoms with Crippen LogP contribution in [0.5, 0.6) is 0 Å². The van der Waals surface area contributed by atoms with Crippen molar-refractivity contribution in [2.75, 3.05) is 12.8 Å². The van der Waals surface area contributed by atoms with Gasteiger partial charge in [-0.1, -0.05) is 6.07 Å². The molecule has 0 unspecified atom stereocenters. The summed E-state index contributed by atoms with van der Waals surface area (Å²) in [5.74, 6) is -0.00481. The van der Waals surface area contributed by atoms with Gasteiger partial charge in [-0.15, -0.1) is 0 Å². The van der Waals surface area contributed by atoms with Crippen LogP contribution >= 0.6 is 0 Å². The van der Waals surface area contributed by atoms with E-state index < -0.39 is 0 Å². The molecule has 2 N–H and O–H groups in total. The van der Waals surface area contributed by atoms with Gasteiger partial charge in [0, 0.05) is 23.8 Å². The summed E-state index contributed by atoms with van der Waals surface area (Å²) in [7, 11) is 1.80. The molecule has 1 rings (SSSR count). The van der Waals surface area contributed by atoms with E-state index in [9.17, 15) is 4.79 Å². The molecule has 15 heavy (non-hydrogen) atoms. The van der Waals surface area contributed by atoms with E-state index in [1.807, 2.05) is 20.8 Å². The SMILES string of the molecule is CN(C(=O)c1cccc(N)c1)C(C)(C)C. The second-order valence-corrected chi connectivity index (χ2v) is 4.66. The Kier molecular flexibility index (Phi) is 3.03. The molecule has 0 aromatic heterocycles. The van der Waals surface area contributed by atoms with Crippen LogP contribution < -0.4 is 5.73 Å². The highest BCUT2D eigenvalue weighted by Crippen LogP contribution is 2.16. The molecule has 0 radical (unpaired) electrons. The predicted octanol–water partition coefficient (Wildman–Crippen LogP) is 2.14. The van der Waals surface area contributed by atoms with Crippen molar-refractivity contribution in [3.63, 3.8) is 0 Å². The zero-order chi connectivity index (χ0) is 11.6. The molecule has 0 aliphatic rings. The molecule has 0 saturated heterocycles. The van der Waals surface area contributed by atoms with E-state index in [2.05, 4.69) is 0 Å². The summed E-state index contributed by atoms with van der Waals surface area (Å²) in [6.45, 7) is 5.99. The van der Waals surface area contributed by atoms with Crippen LogP contribution in [0.15, 0.2) is 24.3 Å². The van der Waals surface area contributed by atoms with E-state index in [4.69, 9.17) is 5.73 Å². The smallest absolute Gasteiger partial charge is 0.254 e. The van der Waals surface area contributed by atoms with E-state index >= 15 is 0 Å². The topological polar surface area (TPSA) is 46.3 Å². The minimum Gasteiger partial charge on any atom is -0.399 e. The van der Waals surface area contributed by atoms with Crippen LogP contribution in [-0.4, -0.2) is 23.4 Å². The summed E-state index contributed by atoms with van der Waals surface area (Å²) in [5.41, 5.74) is 6.70. The first-order valence-electron chi connectivity index (χ1n) is 4.96. The van der Waals surface area contributed by atoms with Crippen LogP contribution in [-0.2, 0) is 0 Å². The second-order valence-electron chi connectivity index (χ2n) is 4.66. The van der Waals surface area contributed by atoms with Crippen molar-refractivity contribution in [2.24, 2.45) is 0 Å². The summed E-state index contributed by atoms with van der Waals surface area (Å²) < 4.78 is 0. The van der Waals surface area contributed by atoms with Gasteiger partial charge in [0.05, 0.1) is 0 Å². The zero-order valence-electron chi connectivity index (χ0n) is 9.74. The molecule has 0 atom stereocenters. The molecule has 0 aliphatic heterocycles. The van der Waals surface area contributed by atoms with Crippen LogP contribution in [0.1, 0.15) is 31.1 Å². The maximum atomic E-state index is 12.0. The lowest BCUT2D eigenvalue weighted by Crippen LogP contribution is -2.42. The Bertz CT molecular complexity index is 366. The van der Waals surface area contributed by atoms with E-state index in [0.29, 0.717) is 11.3 Å². The third-order valence-corrected chi connectivity index (χ3v) is 2.44. The first-order valence-corrected chi connectivity index (χ1v) is 4.96. The lowest BCUT2D eigenvalue weighted by Gasteiger charge is -2.32. The molecule has 1 aromatic carbocycles. The molecule has 0 fully saturated rings. The number of benzene rings is 1. The fraction of sp³-hybridized carbons (Fsp3) is 0.417. The monoisotopic (exact) mass is 206 g/mol. The number of carbonyl (C=O) groups excluding carboxylic acids is 1. The molecule has 0 heterocycles. The lowest BCUT2D eigenvalue weighted by atomic mass is 10.0. The standard InChI is InChI=1S/C12H18N2O/c1-12(2,3)14(4)11(15)9-6-5-7-10(13)8-9/h5-8H,13H2,1-4H3. The van der Waals surface area contributed by atoms with Crippen molar-refractivity contribution in [1.82, 2.24) is 4.90 Å². The van der Waals surface area contributed by atoms with Crippen LogP contribution in [0.3, 0.4) is 0 Å². The van der Waals surface area contributed by atoms with Gasteiger partial charge in [-0.25, -0.2) is 0 Å². The molecule has 1 aromatic rings. The number of amides is 1. The van der Waals surface area contributed by atoms with Gasteiger partial charge in [-0.05, 0) is 39.0 Å². The summed E-state index contributed by atoms with van der Waals surface area (Å²) in [5, 5.41) is 0. The highest BCUT2D eigenvalue weighted by molar-refractivity contribution is 5.95. The molecule has 82 valence electrons. The Labute approximate surface area is 90.9 Å². The molecular weight excluding hydrogens is 188 g/mol. The van der Waals surface area contributed by atoms with Gasteiger partial charge in [0.2, 0.25) is 0 Å². The van der Waals surface area contributed by atoms with Gasteiger partial charge in [-0.2, -0.15) is 0 Å². The Morgan fingerprint density at radius 2 is 1.93 bits per heavy atom. The largest absolute Gasteiger partial charge is 0.399 e. The van der Waals surface area contributed by atoms with Crippen molar-refractivity contribution in [3.05, 3.63) is 29.8 Å². The van der Waals surface area contributed by atoms with Crippen LogP contribution in [0.4, 0.5) is 5.69 Å². The van der Waals surface area contributed by atoms with E-state index in [-0.39, 0.29) is 11.4 Å². The number of nitrogen functional groups attached to an aromatic ring is 1. The summed E-state index contributed by atoms with van der Waals surface area (Å²) in [4.78, 5) is 13.7. The summed E-state index contributed by atoms with van der Waals surface area (Å²) in [6, 6.07) is 7.04. The average Bonchev–Trinajstić information content (AvgIpc) is 2.14. The first kappa shape index (κ1) is 11.6. The van der Waals surface area contributed by atoms with Gasteiger partial charge in [0.1, 0.15) is 0 Å². The van der Waals surface area contributed by atoms with Gasteiger partial charge in [0.15, 0.2) is 0 Å². The first-order chi connectivity index (χ1) is 6.82. The van der Waals surface area contributed by atoms with E-state index in [1.54, 1.807) is 36.2 Å². The number of nitrogens with two attached hydrogens (primary N) is 1. The molecular formula is C12H18N2O. The molecule has 1 amide bonds. The number of nitrogens with zero attached hydrogens (tertiary/aromatic N) is 1. The normalized spacial score (nSPS) is 11.2. The summed E-state index contributed by atoms with van der Waals surface area (Å²) in [6.07, 6.45) is 0. The number of hydrogen-bond donors (Lipinski definition) is 1. The Morgan fingerprint density at radius 1 is 1.33 bits per heavy atom. The van der Waals surface area contributed by atoms with Crippen molar-refractivity contribution < 1.29 is 4.79 Å². The lowest BCUT2D eigenvalue weighted by molar-refractivity contribution is 0.0656. The highest BCUT2D eigenvalue weighted by atomic mass is 16.2. The number of hydrogen-bond acceptors (Lipinski definition) is 2. The van der Waals surface area contributed by atoms with Crippen LogP contribution in [0.25, 0.3) is 0 Å². The number of carbonyl (C=O) groups is 1. The van der Waals surface area contributed by atoms with Crippen molar-refractivity contribution in [2.45, 2.75) is 26.3 Å². The van der Waals surface area contributed by atoms with Crippen molar-refractivity contribution in [3.8, 4) is 0 Å². The molecule has 3 nitrogen and oxygen atoms in total. The maximum Gasteiger partial charge on any atom is 0.254 e. The van der Waals surface area contributed by atoms with Gasteiger partial charge < -0.3 is 10.6 Å². The maximum absolute atomic E-state index is 12.0. The van der Waals surface area contributed by atoms with Crippen molar-refractivity contribution >= 4 is 11.6 Å². The number of anilines is 1. The van der Waals surface area contributed by atoms with Gasteiger partial charge >= 0.3 is 0 Å². The van der Waals surface area contributed by atoms with Crippen molar-refractivity contribution in [1.29, 1.82) is 0 Å². The molecule has 0 bridgehead atoms. The second kappa shape index (κ2) is 3.93. The molecule has 0 spiro atoms. The van der Waals surface area contributed by atoms with Crippen LogP contribution in [0.2, 0.25) is 0 Å². The highest BCUT2D eigenvalue weighted by Gasteiger charge is 2.23. The minimum absolute atomic E-state index is 0.00481. The average molecular weight is 206 g/mol. The zero-order valence-corrected chi connectivity index (χ0v) is 9.74. The quantitative estimate of drug-likeness (QED) is 0.715. The fourth-order valence-corrected chi connectivity index (χ4v) is 1.17. The predicted molar refractivity (Wildman–Crippen MR) is 62.7 cm³/mol. The Hall–Kier alpha value is -1.51. The third-order valence-electron chi connectivity index (χ3n) is 2.44. The molecule has 3 heteroatoms. The number of rotatable bonds is 1. The molecule has 0 saturated carbocycles. The Balaban J connectivity index is 2.95. The third kappa shape index (κ3) is 2.72. The van der Waals surface area contributed by atoms with Gasteiger partial charge in [0.25, 0.3) is 5.91 Å². The van der Waals surface area contributed by atoms with Gasteiger partial charge in [-0.3, -0.25) is 4.79 Å². The van der Waals surface area contributed by atoms with E-state index in [0.717, 1.165) is 0 Å². The Morgan fingerprint density at radius 3 is 2.40 bits per heavy atom. The van der Waals surface area contributed by atoms with Crippen LogP contribution in [0, 0.1) is 0 Å².